The largest absolute Gasteiger partial charge is 0.352 e. The molecule has 6 heteroatoms. The Labute approximate surface area is 141 Å². The Hall–Kier alpha value is -2.21. The fourth-order valence-corrected chi connectivity index (χ4v) is 3.38. The van der Waals surface area contributed by atoms with Crippen LogP contribution < -0.4 is 10.6 Å². The minimum atomic E-state index is -0.440. The van der Waals surface area contributed by atoms with Gasteiger partial charge in [0.25, 0.3) is 17.7 Å². The highest BCUT2D eigenvalue weighted by Crippen LogP contribution is 2.19. The SMILES string of the molecule is CC(C)N1CCC[C@H](CNC(=O)c2ccc3c(c2)C(=O)NC3=O)C1. The second-order valence-electron chi connectivity index (χ2n) is 6.85. The van der Waals surface area contributed by atoms with E-state index in [9.17, 15) is 14.4 Å². The Kier molecular flexibility index (Phi) is 4.66. The number of carbonyl (C=O) groups excluding carboxylic acids is 3. The van der Waals surface area contributed by atoms with Gasteiger partial charge in [0.1, 0.15) is 0 Å². The van der Waals surface area contributed by atoms with Crippen molar-refractivity contribution in [2.75, 3.05) is 19.6 Å². The van der Waals surface area contributed by atoms with E-state index in [1.54, 1.807) is 6.07 Å². The standard InChI is InChI=1S/C18H23N3O3/c1-11(2)21-7-3-4-12(10-21)9-19-16(22)13-5-6-14-15(8-13)18(24)20-17(14)23/h5-6,8,11-12H,3-4,7,9-10H2,1-2H3,(H,19,22)(H,20,23,24)/t12-/m1/s1. The zero-order valence-electron chi connectivity index (χ0n) is 14.1. The van der Waals surface area contributed by atoms with Crippen LogP contribution in [-0.2, 0) is 0 Å². The van der Waals surface area contributed by atoms with Crippen molar-refractivity contribution in [2.45, 2.75) is 32.7 Å². The van der Waals surface area contributed by atoms with E-state index in [0.29, 0.717) is 29.6 Å². The molecule has 128 valence electrons. The highest BCUT2D eigenvalue weighted by atomic mass is 16.2. The first-order valence-corrected chi connectivity index (χ1v) is 8.47. The topological polar surface area (TPSA) is 78.5 Å². The highest BCUT2D eigenvalue weighted by Gasteiger charge is 2.28. The summed E-state index contributed by atoms with van der Waals surface area (Å²) in [6.45, 7) is 7.13. The summed E-state index contributed by atoms with van der Waals surface area (Å²) in [6.07, 6.45) is 2.27. The zero-order valence-corrected chi connectivity index (χ0v) is 14.1. The van der Waals surface area contributed by atoms with E-state index in [1.807, 2.05) is 0 Å². The lowest BCUT2D eigenvalue weighted by atomic mass is 9.96. The van der Waals surface area contributed by atoms with Gasteiger partial charge in [0.15, 0.2) is 0 Å². The van der Waals surface area contributed by atoms with Crippen molar-refractivity contribution in [3.05, 3.63) is 34.9 Å². The molecule has 0 aliphatic carbocycles. The number of benzene rings is 1. The molecule has 6 nitrogen and oxygen atoms in total. The van der Waals surface area contributed by atoms with Crippen LogP contribution in [-0.4, -0.2) is 48.3 Å². The van der Waals surface area contributed by atoms with Crippen LogP contribution in [0.5, 0.6) is 0 Å². The zero-order chi connectivity index (χ0) is 17.3. The minimum Gasteiger partial charge on any atom is -0.352 e. The molecule has 1 fully saturated rings. The summed E-state index contributed by atoms with van der Waals surface area (Å²) >= 11 is 0. The molecule has 1 aromatic rings. The molecule has 2 aliphatic rings. The number of amides is 3. The number of hydrogen-bond acceptors (Lipinski definition) is 4. The molecule has 2 aliphatic heterocycles. The third-order valence-electron chi connectivity index (χ3n) is 4.83. The van der Waals surface area contributed by atoms with Crippen LogP contribution in [0.2, 0.25) is 0 Å². The number of carbonyl (C=O) groups is 3. The van der Waals surface area contributed by atoms with Crippen molar-refractivity contribution in [1.29, 1.82) is 0 Å². The average molecular weight is 329 g/mol. The van der Waals surface area contributed by atoms with Crippen LogP contribution in [0.3, 0.4) is 0 Å². The molecule has 0 radical (unpaired) electrons. The molecule has 1 saturated heterocycles. The lowest BCUT2D eigenvalue weighted by Gasteiger charge is -2.35. The average Bonchev–Trinajstić information content (AvgIpc) is 2.87. The lowest BCUT2D eigenvalue weighted by molar-refractivity contribution is 0.0878. The van der Waals surface area contributed by atoms with Gasteiger partial charge in [-0.15, -0.1) is 0 Å². The summed E-state index contributed by atoms with van der Waals surface area (Å²) in [6, 6.07) is 5.14. The molecule has 3 amide bonds. The van der Waals surface area contributed by atoms with E-state index < -0.39 is 11.8 Å². The van der Waals surface area contributed by atoms with E-state index in [2.05, 4.69) is 29.4 Å². The van der Waals surface area contributed by atoms with Gasteiger partial charge in [-0.2, -0.15) is 0 Å². The van der Waals surface area contributed by atoms with Crippen LogP contribution in [0.1, 0.15) is 57.8 Å². The third-order valence-corrected chi connectivity index (χ3v) is 4.83. The number of hydrogen-bond donors (Lipinski definition) is 2. The quantitative estimate of drug-likeness (QED) is 0.819. The molecular weight excluding hydrogens is 306 g/mol. The second-order valence-corrected chi connectivity index (χ2v) is 6.85. The van der Waals surface area contributed by atoms with Gasteiger partial charge in [0.2, 0.25) is 0 Å². The Balaban J connectivity index is 1.61. The highest BCUT2D eigenvalue weighted by molar-refractivity contribution is 6.22. The van der Waals surface area contributed by atoms with E-state index in [0.717, 1.165) is 25.9 Å². The number of nitrogens with one attached hydrogen (secondary N) is 2. The maximum absolute atomic E-state index is 12.3. The second kappa shape index (κ2) is 6.73. The molecule has 2 N–H and O–H groups in total. The molecule has 0 spiro atoms. The monoisotopic (exact) mass is 329 g/mol. The van der Waals surface area contributed by atoms with Crippen molar-refractivity contribution in [2.24, 2.45) is 5.92 Å². The third kappa shape index (κ3) is 3.33. The van der Waals surface area contributed by atoms with Crippen molar-refractivity contribution in [3.8, 4) is 0 Å². The summed E-state index contributed by atoms with van der Waals surface area (Å²) in [5.41, 5.74) is 1.02. The molecule has 0 saturated carbocycles. The molecule has 0 bridgehead atoms. The van der Waals surface area contributed by atoms with Gasteiger partial charge in [-0.3, -0.25) is 19.7 Å². The maximum Gasteiger partial charge on any atom is 0.258 e. The summed E-state index contributed by atoms with van der Waals surface area (Å²) in [5, 5.41) is 5.20. The van der Waals surface area contributed by atoms with Crippen molar-refractivity contribution < 1.29 is 14.4 Å². The van der Waals surface area contributed by atoms with Crippen LogP contribution >= 0.6 is 0 Å². The summed E-state index contributed by atoms with van der Waals surface area (Å²) in [5.74, 6) is -0.599. The van der Waals surface area contributed by atoms with E-state index in [4.69, 9.17) is 0 Å². The Morgan fingerprint density at radius 3 is 2.79 bits per heavy atom. The molecule has 2 heterocycles. The van der Waals surface area contributed by atoms with Gasteiger partial charge in [-0.05, 0) is 57.4 Å². The number of piperidine rings is 1. The maximum atomic E-state index is 12.3. The van der Waals surface area contributed by atoms with Crippen LogP contribution in [0, 0.1) is 5.92 Å². The van der Waals surface area contributed by atoms with Crippen molar-refractivity contribution in [3.63, 3.8) is 0 Å². The minimum absolute atomic E-state index is 0.202. The van der Waals surface area contributed by atoms with Gasteiger partial charge < -0.3 is 10.2 Å². The van der Waals surface area contributed by atoms with Gasteiger partial charge in [0.05, 0.1) is 11.1 Å². The normalized spacial score (nSPS) is 20.9. The van der Waals surface area contributed by atoms with Crippen LogP contribution in [0.4, 0.5) is 0 Å². The van der Waals surface area contributed by atoms with E-state index in [1.165, 1.54) is 12.1 Å². The molecule has 0 unspecified atom stereocenters. The van der Waals surface area contributed by atoms with Crippen molar-refractivity contribution in [1.82, 2.24) is 15.5 Å². The molecule has 24 heavy (non-hydrogen) atoms. The molecule has 1 atom stereocenters. The molecule has 1 aromatic carbocycles. The number of fused-ring (bicyclic) bond motifs is 1. The number of imide groups is 1. The number of likely N-dealkylation sites (tertiary alicyclic amines) is 1. The number of rotatable bonds is 4. The Morgan fingerprint density at radius 1 is 1.29 bits per heavy atom. The smallest absolute Gasteiger partial charge is 0.258 e. The molecular formula is C18H23N3O3. The van der Waals surface area contributed by atoms with Crippen LogP contribution in [0.15, 0.2) is 18.2 Å². The van der Waals surface area contributed by atoms with E-state index in [-0.39, 0.29) is 11.5 Å². The van der Waals surface area contributed by atoms with Gasteiger partial charge in [0, 0.05) is 24.7 Å². The molecule has 3 rings (SSSR count). The van der Waals surface area contributed by atoms with E-state index >= 15 is 0 Å². The predicted octanol–water partition coefficient (Wildman–Crippen LogP) is 1.42. The summed E-state index contributed by atoms with van der Waals surface area (Å²) in [4.78, 5) is 38.0. The summed E-state index contributed by atoms with van der Waals surface area (Å²) in [7, 11) is 0. The Morgan fingerprint density at radius 2 is 2.04 bits per heavy atom. The first kappa shape index (κ1) is 16.6. The first-order chi connectivity index (χ1) is 11.5. The fourth-order valence-electron chi connectivity index (χ4n) is 3.38. The fraction of sp³-hybridized carbons (Fsp3) is 0.500. The van der Waals surface area contributed by atoms with Crippen molar-refractivity contribution >= 4 is 17.7 Å². The number of nitrogens with zero attached hydrogens (tertiary/aromatic N) is 1. The Bertz CT molecular complexity index is 684. The molecule has 0 aromatic heterocycles. The first-order valence-electron chi connectivity index (χ1n) is 8.47. The predicted molar refractivity (Wildman–Crippen MR) is 90.0 cm³/mol. The van der Waals surface area contributed by atoms with Gasteiger partial charge in [-0.1, -0.05) is 0 Å². The van der Waals surface area contributed by atoms with Gasteiger partial charge in [-0.25, -0.2) is 0 Å². The lowest BCUT2D eigenvalue weighted by Crippen LogP contribution is -2.43. The van der Waals surface area contributed by atoms with Crippen LogP contribution in [0.25, 0.3) is 0 Å². The van der Waals surface area contributed by atoms with Gasteiger partial charge >= 0.3 is 0 Å². The summed E-state index contributed by atoms with van der Waals surface area (Å²) < 4.78 is 0.